The number of ether oxygens (including phenoxy) is 3. The Labute approximate surface area is 513 Å². The lowest BCUT2D eigenvalue weighted by Crippen LogP contribution is -2.30. The number of allylic oxidation sites excluding steroid dienone is 2. The van der Waals surface area contributed by atoms with Crippen molar-refractivity contribution in [2.75, 3.05) is 13.2 Å². The Morgan fingerprint density at radius 1 is 0.232 bits per heavy atom. The molecule has 0 saturated heterocycles. The normalized spacial score (nSPS) is 12.0. The van der Waals surface area contributed by atoms with Crippen LogP contribution >= 0.6 is 0 Å². The Bertz CT molecular complexity index is 1280. The van der Waals surface area contributed by atoms with Gasteiger partial charge in [-0.25, -0.2) is 0 Å². The molecule has 486 valence electrons. The van der Waals surface area contributed by atoms with Crippen LogP contribution < -0.4 is 0 Å². The maximum atomic E-state index is 13.0. The minimum Gasteiger partial charge on any atom is -0.462 e. The van der Waals surface area contributed by atoms with Gasteiger partial charge in [0, 0.05) is 19.3 Å². The van der Waals surface area contributed by atoms with E-state index >= 15 is 0 Å². The molecule has 6 nitrogen and oxygen atoms in total. The van der Waals surface area contributed by atoms with Gasteiger partial charge in [0.1, 0.15) is 13.2 Å². The highest BCUT2D eigenvalue weighted by molar-refractivity contribution is 5.71. The van der Waals surface area contributed by atoms with Crippen molar-refractivity contribution in [2.24, 2.45) is 0 Å². The zero-order chi connectivity index (χ0) is 59.2. The predicted molar refractivity (Wildman–Crippen MR) is 358 cm³/mol. The fourth-order valence-corrected chi connectivity index (χ4v) is 11.9. The van der Waals surface area contributed by atoms with E-state index in [-0.39, 0.29) is 31.1 Å². The molecule has 0 aromatic carbocycles. The number of unbranched alkanes of at least 4 members (excludes halogenated alkanes) is 58. The number of carbonyl (C=O) groups is 3. The van der Waals surface area contributed by atoms with Gasteiger partial charge in [0.25, 0.3) is 0 Å². The molecule has 0 aromatic heterocycles. The first kappa shape index (κ1) is 80.2. The van der Waals surface area contributed by atoms with Gasteiger partial charge < -0.3 is 14.2 Å². The van der Waals surface area contributed by atoms with Crippen LogP contribution in [-0.4, -0.2) is 37.2 Å². The minimum absolute atomic E-state index is 0.0617. The van der Waals surface area contributed by atoms with Gasteiger partial charge in [0.05, 0.1) is 0 Å². The van der Waals surface area contributed by atoms with Crippen molar-refractivity contribution >= 4 is 17.9 Å². The number of carbonyl (C=O) groups excluding carboxylic acids is 3. The number of hydrogen-bond acceptors (Lipinski definition) is 6. The fourth-order valence-electron chi connectivity index (χ4n) is 11.9. The Morgan fingerprint density at radius 2 is 0.402 bits per heavy atom. The third kappa shape index (κ3) is 68.9. The standard InChI is InChI=1S/C76H146O6/c1-4-7-10-13-16-19-22-25-28-31-33-35-36-37-38-39-40-41-43-45-48-51-54-57-60-63-66-69-75(78)81-72-73(71-80-74(77)68-65-62-59-56-53-50-47-44-30-27-24-21-18-15-12-9-6-3)82-76(79)70-67-64-61-58-55-52-49-46-42-34-32-29-26-23-20-17-14-11-8-5-2/h31,33,73H,4-30,32,34-72H2,1-3H3/b33-31-. The molecule has 1 atom stereocenters. The molecule has 6 heteroatoms. The van der Waals surface area contributed by atoms with E-state index in [1.165, 1.54) is 340 Å². The van der Waals surface area contributed by atoms with Gasteiger partial charge in [0.2, 0.25) is 0 Å². The third-order valence-corrected chi connectivity index (χ3v) is 17.5. The topological polar surface area (TPSA) is 78.9 Å². The van der Waals surface area contributed by atoms with Crippen LogP contribution in [0.15, 0.2) is 12.2 Å². The average Bonchev–Trinajstić information content (AvgIpc) is 3.47. The number of hydrogen-bond donors (Lipinski definition) is 0. The van der Waals surface area contributed by atoms with Gasteiger partial charge in [-0.2, -0.15) is 0 Å². The summed E-state index contributed by atoms with van der Waals surface area (Å²) in [6.07, 6.45) is 86.8. The van der Waals surface area contributed by atoms with Crippen molar-refractivity contribution in [3.8, 4) is 0 Å². The highest BCUT2D eigenvalue weighted by Gasteiger charge is 2.20. The summed E-state index contributed by atoms with van der Waals surface area (Å²) < 4.78 is 17.1. The monoisotopic (exact) mass is 1160 g/mol. The van der Waals surface area contributed by atoms with Gasteiger partial charge in [0.15, 0.2) is 6.10 Å². The lowest BCUT2D eigenvalue weighted by Gasteiger charge is -2.18. The van der Waals surface area contributed by atoms with Gasteiger partial charge >= 0.3 is 17.9 Å². The molecule has 0 radical (unpaired) electrons. The van der Waals surface area contributed by atoms with E-state index in [4.69, 9.17) is 14.2 Å². The predicted octanol–water partition coefficient (Wildman–Crippen LogP) is 26.0. The third-order valence-electron chi connectivity index (χ3n) is 17.5. The SMILES string of the molecule is CCCCCCCCCC/C=C\CCCCCCCCCCCCCCCCCC(=O)OCC(COC(=O)CCCCCCCCCCCCCCCCCCC)OC(=O)CCCCCCCCCCCCCCCCCCCCCC. The summed E-state index contributed by atoms with van der Waals surface area (Å²) in [5.74, 6) is -0.820. The summed E-state index contributed by atoms with van der Waals surface area (Å²) in [5.41, 5.74) is 0. The second-order valence-electron chi connectivity index (χ2n) is 25.9. The maximum absolute atomic E-state index is 13.0. The summed E-state index contributed by atoms with van der Waals surface area (Å²) in [4.78, 5) is 38.5. The van der Waals surface area contributed by atoms with E-state index in [0.29, 0.717) is 19.3 Å². The molecule has 82 heavy (non-hydrogen) atoms. The molecule has 0 aliphatic rings. The molecule has 0 aromatic rings. The Balaban J connectivity index is 4.23. The Morgan fingerprint density at radius 3 is 0.610 bits per heavy atom. The van der Waals surface area contributed by atoms with Gasteiger partial charge in [-0.05, 0) is 44.9 Å². The molecule has 0 aliphatic carbocycles. The molecule has 0 aliphatic heterocycles. The summed E-state index contributed by atoms with van der Waals surface area (Å²) in [5, 5.41) is 0. The zero-order valence-corrected chi connectivity index (χ0v) is 56.1. The first-order chi connectivity index (χ1) is 40.5. The van der Waals surface area contributed by atoms with E-state index in [1.54, 1.807) is 0 Å². The van der Waals surface area contributed by atoms with Crippen molar-refractivity contribution in [1.82, 2.24) is 0 Å². The molecular weight excluding hydrogens is 1010 g/mol. The lowest BCUT2D eigenvalue weighted by atomic mass is 10.0. The molecule has 0 saturated carbocycles. The molecule has 1 unspecified atom stereocenters. The summed E-state index contributed by atoms with van der Waals surface area (Å²) >= 11 is 0. The first-order valence-corrected chi connectivity index (χ1v) is 37.7. The Hall–Kier alpha value is -1.85. The van der Waals surface area contributed by atoms with Gasteiger partial charge in [-0.3, -0.25) is 14.4 Å². The van der Waals surface area contributed by atoms with E-state index in [1.807, 2.05) is 0 Å². The minimum atomic E-state index is -0.766. The molecule has 0 N–H and O–H groups in total. The van der Waals surface area contributed by atoms with Crippen molar-refractivity contribution in [3.05, 3.63) is 12.2 Å². The zero-order valence-electron chi connectivity index (χ0n) is 56.1. The van der Waals surface area contributed by atoms with Crippen LogP contribution in [0.25, 0.3) is 0 Å². The second kappa shape index (κ2) is 71.6. The highest BCUT2D eigenvalue weighted by atomic mass is 16.6. The van der Waals surface area contributed by atoms with Crippen LogP contribution in [-0.2, 0) is 28.6 Å². The first-order valence-electron chi connectivity index (χ1n) is 37.7. The van der Waals surface area contributed by atoms with Crippen LogP contribution in [0.5, 0.6) is 0 Å². The highest BCUT2D eigenvalue weighted by Crippen LogP contribution is 2.20. The van der Waals surface area contributed by atoms with Crippen LogP contribution in [0, 0.1) is 0 Å². The van der Waals surface area contributed by atoms with Crippen molar-refractivity contribution in [1.29, 1.82) is 0 Å². The summed E-state index contributed by atoms with van der Waals surface area (Å²) in [6.45, 7) is 6.75. The smallest absolute Gasteiger partial charge is 0.306 e. The van der Waals surface area contributed by atoms with Crippen LogP contribution in [0.3, 0.4) is 0 Å². The Kier molecular flexibility index (Phi) is 70.0. The quantitative estimate of drug-likeness (QED) is 0.0261. The van der Waals surface area contributed by atoms with Crippen molar-refractivity contribution in [2.45, 2.75) is 444 Å². The fraction of sp³-hybridized carbons (Fsp3) is 0.934. The van der Waals surface area contributed by atoms with Crippen LogP contribution in [0.1, 0.15) is 438 Å². The number of rotatable bonds is 71. The summed E-state index contributed by atoms with van der Waals surface area (Å²) in [7, 11) is 0. The lowest BCUT2D eigenvalue weighted by molar-refractivity contribution is -0.167. The second-order valence-corrected chi connectivity index (χ2v) is 25.9. The maximum Gasteiger partial charge on any atom is 0.306 e. The van der Waals surface area contributed by atoms with E-state index in [0.717, 1.165) is 57.8 Å². The van der Waals surface area contributed by atoms with Crippen LogP contribution in [0.4, 0.5) is 0 Å². The van der Waals surface area contributed by atoms with Crippen LogP contribution in [0.2, 0.25) is 0 Å². The molecule has 0 fully saturated rings. The van der Waals surface area contributed by atoms with E-state index in [9.17, 15) is 14.4 Å². The number of esters is 3. The molecule has 0 amide bonds. The molecular formula is C76H146O6. The average molecular weight is 1160 g/mol. The van der Waals surface area contributed by atoms with Crippen molar-refractivity contribution < 1.29 is 28.6 Å². The van der Waals surface area contributed by atoms with E-state index < -0.39 is 6.10 Å². The van der Waals surface area contributed by atoms with E-state index in [2.05, 4.69) is 32.9 Å². The largest absolute Gasteiger partial charge is 0.462 e. The molecule has 0 spiro atoms. The molecule has 0 rings (SSSR count). The van der Waals surface area contributed by atoms with Gasteiger partial charge in [-0.15, -0.1) is 0 Å². The molecule has 0 heterocycles. The van der Waals surface area contributed by atoms with Gasteiger partial charge in [-0.1, -0.05) is 386 Å². The summed E-state index contributed by atoms with van der Waals surface area (Å²) in [6, 6.07) is 0. The molecule has 0 bridgehead atoms. The van der Waals surface area contributed by atoms with Crippen molar-refractivity contribution in [3.63, 3.8) is 0 Å².